The topological polar surface area (TPSA) is 76.2 Å². The van der Waals surface area contributed by atoms with Gasteiger partial charge in [-0.15, -0.1) is 10.2 Å². The molecule has 23 heavy (non-hydrogen) atoms. The number of carboxylic acid groups (broad SMARTS) is 1. The van der Waals surface area contributed by atoms with Gasteiger partial charge in [0.05, 0.1) is 16.5 Å². The number of carbonyl (C=O) groups is 1. The van der Waals surface area contributed by atoms with Gasteiger partial charge < -0.3 is 9.52 Å². The van der Waals surface area contributed by atoms with Gasteiger partial charge in [0.1, 0.15) is 0 Å². The van der Waals surface area contributed by atoms with E-state index in [4.69, 9.17) is 32.7 Å². The molecule has 0 atom stereocenters. The van der Waals surface area contributed by atoms with Crippen LogP contribution in [0.4, 0.5) is 0 Å². The van der Waals surface area contributed by atoms with E-state index in [1.807, 2.05) is 0 Å². The van der Waals surface area contributed by atoms with Crippen molar-refractivity contribution >= 4 is 40.9 Å². The van der Waals surface area contributed by atoms with Crippen molar-refractivity contribution in [2.75, 3.05) is 0 Å². The number of hydrogen-bond donors (Lipinski definition) is 1. The summed E-state index contributed by atoms with van der Waals surface area (Å²) in [5.41, 5.74) is 0.644. The molecule has 1 aliphatic carbocycles. The van der Waals surface area contributed by atoms with Crippen LogP contribution < -0.4 is 0 Å². The highest BCUT2D eigenvalue weighted by atomic mass is 35.5. The van der Waals surface area contributed by atoms with Gasteiger partial charge in [-0.3, -0.25) is 4.79 Å². The fourth-order valence-corrected chi connectivity index (χ4v) is 4.10. The van der Waals surface area contributed by atoms with Gasteiger partial charge in [-0.2, -0.15) is 0 Å². The number of thioether (sulfide) groups is 1. The highest BCUT2D eigenvalue weighted by Crippen LogP contribution is 2.37. The summed E-state index contributed by atoms with van der Waals surface area (Å²) < 4.78 is 5.66. The molecule has 0 saturated heterocycles. The third-order valence-electron chi connectivity index (χ3n) is 3.86. The Hall–Kier alpha value is -1.24. The van der Waals surface area contributed by atoms with Crippen LogP contribution in [-0.4, -0.2) is 26.5 Å². The standard InChI is InChI=1S/C15H14Cl2N2O3S/c16-9-3-6-11(12(17)7-9)13-18-19-15(22-13)23-10-4-1-8(2-5-10)14(20)21/h3,6-8,10H,1-2,4-5H2,(H,20,21)/t8-,10+. The minimum atomic E-state index is -0.703. The van der Waals surface area contributed by atoms with Gasteiger partial charge in [-0.1, -0.05) is 35.0 Å². The van der Waals surface area contributed by atoms with Crippen LogP contribution in [0.15, 0.2) is 27.8 Å². The molecule has 1 aromatic carbocycles. The number of aliphatic carboxylic acids is 1. The Balaban J connectivity index is 1.65. The molecule has 0 radical (unpaired) electrons. The van der Waals surface area contributed by atoms with Crippen molar-refractivity contribution in [3.63, 3.8) is 0 Å². The third-order valence-corrected chi connectivity index (χ3v) is 5.58. The van der Waals surface area contributed by atoms with Crippen LogP contribution in [0.25, 0.3) is 11.5 Å². The zero-order valence-corrected chi connectivity index (χ0v) is 14.4. The molecule has 5 nitrogen and oxygen atoms in total. The molecule has 1 aliphatic rings. The van der Waals surface area contributed by atoms with Crippen molar-refractivity contribution in [1.82, 2.24) is 10.2 Å². The quantitative estimate of drug-likeness (QED) is 0.831. The summed E-state index contributed by atoms with van der Waals surface area (Å²) in [7, 11) is 0. The average molecular weight is 373 g/mol. The van der Waals surface area contributed by atoms with Crippen molar-refractivity contribution in [3.05, 3.63) is 28.2 Å². The van der Waals surface area contributed by atoms with Crippen LogP contribution in [0.5, 0.6) is 0 Å². The van der Waals surface area contributed by atoms with E-state index in [1.54, 1.807) is 18.2 Å². The van der Waals surface area contributed by atoms with Gasteiger partial charge in [-0.05, 0) is 43.9 Å². The van der Waals surface area contributed by atoms with Crippen molar-refractivity contribution in [2.45, 2.75) is 36.2 Å². The maximum absolute atomic E-state index is 11.0. The van der Waals surface area contributed by atoms with Gasteiger partial charge in [0.15, 0.2) is 0 Å². The normalized spacial score (nSPS) is 21.3. The molecule has 0 spiro atoms. The van der Waals surface area contributed by atoms with Crippen molar-refractivity contribution in [3.8, 4) is 11.5 Å². The van der Waals surface area contributed by atoms with Crippen LogP contribution in [0.2, 0.25) is 10.0 Å². The fourth-order valence-electron chi connectivity index (χ4n) is 2.60. The minimum Gasteiger partial charge on any atom is -0.481 e. The number of benzene rings is 1. The third kappa shape index (κ3) is 4.00. The molecule has 1 aromatic heterocycles. The molecular formula is C15H14Cl2N2O3S. The average Bonchev–Trinajstić information content (AvgIpc) is 2.96. The maximum Gasteiger partial charge on any atom is 0.306 e. The molecule has 1 saturated carbocycles. The van der Waals surface area contributed by atoms with E-state index >= 15 is 0 Å². The molecule has 8 heteroatoms. The van der Waals surface area contributed by atoms with Gasteiger partial charge in [0.25, 0.3) is 5.22 Å². The van der Waals surface area contributed by atoms with Crippen LogP contribution in [0.1, 0.15) is 25.7 Å². The van der Waals surface area contributed by atoms with Crippen molar-refractivity contribution < 1.29 is 14.3 Å². The molecule has 1 N–H and O–H groups in total. The first-order valence-electron chi connectivity index (χ1n) is 7.21. The number of aromatic nitrogens is 2. The summed E-state index contributed by atoms with van der Waals surface area (Å²) in [6, 6.07) is 5.08. The van der Waals surface area contributed by atoms with Crippen molar-refractivity contribution in [2.24, 2.45) is 5.92 Å². The lowest BCUT2D eigenvalue weighted by atomic mass is 9.89. The first kappa shape index (κ1) is 16.6. The Morgan fingerprint density at radius 1 is 1.22 bits per heavy atom. The lowest BCUT2D eigenvalue weighted by Gasteiger charge is -2.24. The monoisotopic (exact) mass is 372 g/mol. The second-order valence-electron chi connectivity index (χ2n) is 5.43. The maximum atomic E-state index is 11.0. The molecule has 1 heterocycles. The molecule has 0 unspecified atom stereocenters. The molecular weight excluding hydrogens is 359 g/mol. The predicted octanol–water partition coefficient (Wildman–Crippen LogP) is 4.78. The second kappa shape index (κ2) is 7.11. The molecule has 0 amide bonds. The van der Waals surface area contributed by atoms with Gasteiger partial charge >= 0.3 is 5.97 Å². The van der Waals surface area contributed by atoms with E-state index in [2.05, 4.69) is 10.2 Å². The zero-order chi connectivity index (χ0) is 16.4. The van der Waals surface area contributed by atoms with E-state index in [-0.39, 0.29) is 5.92 Å². The van der Waals surface area contributed by atoms with Crippen LogP contribution in [-0.2, 0) is 4.79 Å². The first-order chi connectivity index (χ1) is 11.0. The summed E-state index contributed by atoms with van der Waals surface area (Å²) in [5, 5.41) is 18.9. The summed E-state index contributed by atoms with van der Waals surface area (Å²) in [5.74, 6) is -0.572. The Morgan fingerprint density at radius 3 is 2.61 bits per heavy atom. The summed E-state index contributed by atoms with van der Waals surface area (Å²) in [6.07, 6.45) is 3.05. The zero-order valence-electron chi connectivity index (χ0n) is 12.0. The molecule has 122 valence electrons. The Morgan fingerprint density at radius 2 is 1.96 bits per heavy atom. The largest absolute Gasteiger partial charge is 0.481 e. The van der Waals surface area contributed by atoms with E-state index in [0.717, 1.165) is 12.8 Å². The van der Waals surface area contributed by atoms with E-state index < -0.39 is 5.97 Å². The number of carboxylic acids is 1. The molecule has 3 rings (SSSR count). The Labute approximate surface area is 147 Å². The predicted molar refractivity (Wildman–Crippen MR) is 89.0 cm³/mol. The van der Waals surface area contributed by atoms with Crippen molar-refractivity contribution in [1.29, 1.82) is 0 Å². The highest BCUT2D eigenvalue weighted by Gasteiger charge is 2.27. The highest BCUT2D eigenvalue weighted by molar-refractivity contribution is 7.99. The summed E-state index contributed by atoms with van der Waals surface area (Å²) >= 11 is 13.5. The second-order valence-corrected chi connectivity index (χ2v) is 7.52. The van der Waals surface area contributed by atoms with Gasteiger partial charge in [0, 0.05) is 10.3 Å². The number of rotatable bonds is 4. The van der Waals surface area contributed by atoms with E-state index in [0.29, 0.717) is 44.8 Å². The Kier molecular flexibility index (Phi) is 5.14. The van der Waals surface area contributed by atoms with Crippen LogP contribution >= 0.6 is 35.0 Å². The van der Waals surface area contributed by atoms with Gasteiger partial charge in [-0.25, -0.2) is 0 Å². The molecule has 0 aliphatic heterocycles. The van der Waals surface area contributed by atoms with Crippen LogP contribution in [0.3, 0.4) is 0 Å². The molecule has 0 bridgehead atoms. The lowest BCUT2D eigenvalue weighted by molar-refractivity contribution is -0.142. The summed E-state index contributed by atoms with van der Waals surface area (Å²) in [6.45, 7) is 0. The number of nitrogens with zero attached hydrogens (tertiary/aromatic N) is 2. The first-order valence-corrected chi connectivity index (χ1v) is 8.85. The SMILES string of the molecule is O=C(O)[C@H]1CC[C@@H](Sc2nnc(-c3ccc(Cl)cc3Cl)o2)CC1. The number of halogens is 2. The lowest BCUT2D eigenvalue weighted by Crippen LogP contribution is -2.22. The van der Waals surface area contributed by atoms with E-state index in [1.165, 1.54) is 11.8 Å². The van der Waals surface area contributed by atoms with Gasteiger partial charge in [0.2, 0.25) is 5.89 Å². The number of hydrogen-bond acceptors (Lipinski definition) is 5. The summed E-state index contributed by atoms with van der Waals surface area (Å²) in [4.78, 5) is 11.0. The Bertz CT molecular complexity index is 714. The minimum absolute atomic E-state index is 0.224. The molecule has 2 aromatic rings. The van der Waals surface area contributed by atoms with E-state index in [9.17, 15) is 4.79 Å². The fraction of sp³-hybridized carbons (Fsp3) is 0.400. The smallest absolute Gasteiger partial charge is 0.306 e. The molecule has 1 fully saturated rings. The van der Waals surface area contributed by atoms with Crippen LogP contribution in [0, 0.1) is 5.92 Å².